The Kier molecular flexibility index (Phi) is 5.24. The van der Waals surface area contributed by atoms with Crippen molar-refractivity contribution in [1.82, 2.24) is 29.7 Å². The molecular weight excluding hydrogens is 344 g/mol. The first-order valence-electron chi connectivity index (χ1n) is 10.0. The molecule has 2 aliphatic rings. The zero-order chi connectivity index (χ0) is 18.8. The zero-order valence-corrected chi connectivity index (χ0v) is 16.2. The van der Waals surface area contributed by atoms with Crippen LogP contribution in [0.1, 0.15) is 66.4 Å². The average molecular weight is 372 g/mol. The Morgan fingerprint density at radius 3 is 2.56 bits per heavy atom. The van der Waals surface area contributed by atoms with Gasteiger partial charge in [-0.1, -0.05) is 5.16 Å². The van der Waals surface area contributed by atoms with Gasteiger partial charge in [0.1, 0.15) is 11.6 Å². The highest BCUT2D eigenvalue weighted by Gasteiger charge is 2.30. The lowest BCUT2D eigenvalue weighted by atomic mass is 9.95. The van der Waals surface area contributed by atoms with Crippen molar-refractivity contribution in [3.05, 3.63) is 29.2 Å². The number of piperidine rings is 1. The average Bonchev–Trinajstić information content (AvgIpc) is 3.43. The number of amides is 1. The smallest absolute Gasteiger partial charge is 0.292 e. The van der Waals surface area contributed by atoms with Gasteiger partial charge < -0.3 is 14.0 Å². The van der Waals surface area contributed by atoms with Crippen molar-refractivity contribution in [3.63, 3.8) is 0 Å². The lowest BCUT2D eigenvalue weighted by Crippen LogP contribution is -2.38. The van der Waals surface area contributed by atoms with Gasteiger partial charge in [-0.2, -0.15) is 0 Å². The number of nitrogens with zero attached hydrogens (tertiary/aromatic N) is 6. The Balaban J connectivity index is 1.40. The van der Waals surface area contributed by atoms with E-state index in [1.807, 2.05) is 11.8 Å². The maximum Gasteiger partial charge on any atom is 0.292 e. The van der Waals surface area contributed by atoms with Crippen molar-refractivity contribution >= 4 is 5.91 Å². The normalized spacial score (nSPS) is 19.1. The van der Waals surface area contributed by atoms with Crippen LogP contribution in [0.2, 0.25) is 0 Å². The van der Waals surface area contributed by atoms with Gasteiger partial charge in [0.25, 0.3) is 5.91 Å². The van der Waals surface area contributed by atoms with E-state index >= 15 is 0 Å². The molecule has 0 bridgehead atoms. The summed E-state index contributed by atoms with van der Waals surface area (Å²) < 4.78 is 7.40. The number of rotatable bonds is 5. The molecular formula is C19H28N6O2. The lowest BCUT2D eigenvalue weighted by molar-refractivity contribution is 0.0668. The number of hydrogen-bond donors (Lipinski definition) is 0. The van der Waals surface area contributed by atoms with Crippen LogP contribution in [0.25, 0.3) is 0 Å². The summed E-state index contributed by atoms with van der Waals surface area (Å²) in [6.07, 6.45) is 4.37. The molecule has 2 aromatic rings. The lowest BCUT2D eigenvalue weighted by Gasteiger charge is -2.31. The van der Waals surface area contributed by atoms with Crippen molar-refractivity contribution in [2.45, 2.75) is 58.5 Å². The molecule has 8 nitrogen and oxygen atoms in total. The molecule has 0 N–H and O–H groups in total. The summed E-state index contributed by atoms with van der Waals surface area (Å²) in [4.78, 5) is 16.8. The van der Waals surface area contributed by atoms with E-state index in [0.29, 0.717) is 24.8 Å². The molecule has 0 unspecified atom stereocenters. The molecule has 2 saturated heterocycles. The molecule has 0 spiro atoms. The van der Waals surface area contributed by atoms with Crippen LogP contribution < -0.4 is 0 Å². The zero-order valence-electron chi connectivity index (χ0n) is 16.2. The second-order valence-electron chi connectivity index (χ2n) is 7.60. The fourth-order valence-corrected chi connectivity index (χ4v) is 4.21. The third kappa shape index (κ3) is 3.76. The van der Waals surface area contributed by atoms with Crippen LogP contribution in [0.3, 0.4) is 0 Å². The summed E-state index contributed by atoms with van der Waals surface area (Å²) in [7, 11) is 0. The number of carbonyl (C=O) groups is 1. The Hall–Kier alpha value is -2.22. The molecule has 8 heteroatoms. The van der Waals surface area contributed by atoms with Crippen molar-refractivity contribution in [1.29, 1.82) is 0 Å². The molecule has 0 saturated carbocycles. The maximum atomic E-state index is 12.5. The van der Waals surface area contributed by atoms with Crippen LogP contribution in [0.15, 0.2) is 10.6 Å². The van der Waals surface area contributed by atoms with Crippen LogP contribution in [0.5, 0.6) is 0 Å². The standard InChI is InChI=1S/C19H28N6O2/c1-3-25-17(13-23-8-4-5-9-23)20-21-18(25)15-6-10-24(11-7-15)19(26)16-12-14(2)22-27-16/h12,15H,3-11,13H2,1-2H3. The summed E-state index contributed by atoms with van der Waals surface area (Å²) >= 11 is 0. The van der Waals surface area contributed by atoms with E-state index in [1.54, 1.807) is 6.07 Å². The molecule has 146 valence electrons. The molecule has 27 heavy (non-hydrogen) atoms. The largest absolute Gasteiger partial charge is 0.351 e. The van der Waals surface area contributed by atoms with Gasteiger partial charge in [0.05, 0.1) is 12.2 Å². The van der Waals surface area contributed by atoms with E-state index in [2.05, 4.69) is 31.7 Å². The molecule has 2 aromatic heterocycles. The van der Waals surface area contributed by atoms with Gasteiger partial charge >= 0.3 is 0 Å². The number of aryl methyl sites for hydroxylation is 1. The molecule has 2 fully saturated rings. The molecule has 0 aliphatic carbocycles. The van der Waals surface area contributed by atoms with Gasteiger partial charge in [0.2, 0.25) is 5.76 Å². The summed E-state index contributed by atoms with van der Waals surface area (Å²) in [5, 5.41) is 12.9. The summed E-state index contributed by atoms with van der Waals surface area (Å²) in [5.41, 5.74) is 0.731. The van der Waals surface area contributed by atoms with Gasteiger partial charge in [-0.25, -0.2) is 0 Å². The predicted octanol–water partition coefficient (Wildman–Crippen LogP) is 2.21. The molecule has 4 rings (SSSR count). The first kappa shape index (κ1) is 18.2. The monoisotopic (exact) mass is 372 g/mol. The van der Waals surface area contributed by atoms with E-state index in [9.17, 15) is 4.79 Å². The number of likely N-dealkylation sites (tertiary alicyclic amines) is 2. The van der Waals surface area contributed by atoms with E-state index in [-0.39, 0.29) is 5.91 Å². The fraction of sp³-hybridized carbons (Fsp3) is 0.684. The Morgan fingerprint density at radius 2 is 1.93 bits per heavy atom. The molecule has 0 atom stereocenters. The molecule has 1 amide bonds. The second kappa shape index (κ2) is 7.80. The third-order valence-electron chi connectivity index (χ3n) is 5.72. The van der Waals surface area contributed by atoms with Crippen LogP contribution in [0, 0.1) is 6.92 Å². The van der Waals surface area contributed by atoms with Crippen molar-refractivity contribution < 1.29 is 9.32 Å². The fourth-order valence-electron chi connectivity index (χ4n) is 4.21. The van der Waals surface area contributed by atoms with Crippen LogP contribution in [-0.2, 0) is 13.1 Å². The van der Waals surface area contributed by atoms with Gasteiger partial charge in [0.15, 0.2) is 0 Å². The van der Waals surface area contributed by atoms with E-state index in [4.69, 9.17) is 4.52 Å². The van der Waals surface area contributed by atoms with E-state index in [1.165, 1.54) is 12.8 Å². The highest BCUT2D eigenvalue weighted by molar-refractivity contribution is 5.91. The minimum absolute atomic E-state index is 0.0688. The SMILES string of the molecule is CCn1c(CN2CCCC2)nnc1C1CCN(C(=O)c2cc(C)no2)CC1. The van der Waals surface area contributed by atoms with Gasteiger partial charge in [-0.3, -0.25) is 9.69 Å². The van der Waals surface area contributed by atoms with Gasteiger partial charge in [-0.05, 0) is 52.6 Å². The minimum atomic E-state index is -0.0688. The first-order chi connectivity index (χ1) is 13.2. The highest BCUT2D eigenvalue weighted by Crippen LogP contribution is 2.28. The maximum absolute atomic E-state index is 12.5. The summed E-state index contributed by atoms with van der Waals surface area (Å²) in [6.45, 7) is 9.50. The summed E-state index contributed by atoms with van der Waals surface area (Å²) in [5.74, 6) is 2.76. The second-order valence-corrected chi connectivity index (χ2v) is 7.60. The quantitative estimate of drug-likeness (QED) is 0.800. The van der Waals surface area contributed by atoms with Crippen molar-refractivity contribution in [2.75, 3.05) is 26.2 Å². The Bertz CT molecular complexity index is 784. The number of hydrogen-bond acceptors (Lipinski definition) is 6. The van der Waals surface area contributed by atoms with Crippen LogP contribution in [-0.4, -0.2) is 61.8 Å². The Morgan fingerprint density at radius 1 is 1.19 bits per heavy atom. The molecule has 4 heterocycles. The minimum Gasteiger partial charge on any atom is -0.351 e. The van der Waals surface area contributed by atoms with Crippen LogP contribution >= 0.6 is 0 Å². The van der Waals surface area contributed by atoms with Gasteiger partial charge in [-0.15, -0.1) is 10.2 Å². The molecule has 0 aromatic carbocycles. The topological polar surface area (TPSA) is 80.3 Å². The van der Waals surface area contributed by atoms with Crippen molar-refractivity contribution in [2.24, 2.45) is 0 Å². The highest BCUT2D eigenvalue weighted by atomic mass is 16.5. The van der Waals surface area contributed by atoms with Gasteiger partial charge in [0, 0.05) is 31.6 Å². The van der Waals surface area contributed by atoms with Crippen molar-refractivity contribution in [3.8, 4) is 0 Å². The molecule has 0 radical (unpaired) electrons. The first-order valence-corrected chi connectivity index (χ1v) is 10.0. The van der Waals surface area contributed by atoms with E-state index in [0.717, 1.165) is 56.4 Å². The van der Waals surface area contributed by atoms with E-state index < -0.39 is 0 Å². The predicted molar refractivity (Wildman–Crippen MR) is 99.3 cm³/mol. The third-order valence-corrected chi connectivity index (χ3v) is 5.72. The number of aromatic nitrogens is 4. The summed E-state index contributed by atoms with van der Waals surface area (Å²) in [6, 6.07) is 1.70. The molecule has 2 aliphatic heterocycles. The Labute approximate surface area is 159 Å². The number of carbonyl (C=O) groups excluding carboxylic acids is 1. The van der Waals surface area contributed by atoms with Crippen LogP contribution in [0.4, 0.5) is 0 Å².